The van der Waals surface area contributed by atoms with Gasteiger partial charge in [-0.2, -0.15) is 8.42 Å². The Morgan fingerprint density at radius 3 is 2.48 bits per heavy atom. The molecule has 1 fully saturated rings. The van der Waals surface area contributed by atoms with Gasteiger partial charge in [0.15, 0.2) is 0 Å². The molecule has 2 rings (SSSR count). The zero-order valence-electron chi connectivity index (χ0n) is 15.6. The van der Waals surface area contributed by atoms with E-state index in [2.05, 4.69) is 13.8 Å². The van der Waals surface area contributed by atoms with Crippen LogP contribution < -0.4 is 4.18 Å². The second kappa shape index (κ2) is 8.21. The lowest BCUT2D eigenvalue weighted by Gasteiger charge is -2.35. The molecule has 0 aliphatic heterocycles. The Morgan fingerprint density at radius 1 is 1.28 bits per heavy atom. The minimum Gasteiger partial charge on any atom is -0.382 e. The molecule has 0 heterocycles. The highest BCUT2D eigenvalue weighted by Gasteiger charge is 2.31. The number of benzene rings is 1. The number of nitrogens with zero attached hydrogens (tertiary/aromatic N) is 1. The van der Waals surface area contributed by atoms with Gasteiger partial charge in [0.05, 0.1) is 5.25 Å². The van der Waals surface area contributed by atoms with Crippen LogP contribution in [0.1, 0.15) is 58.9 Å². The van der Waals surface area contributed by atoms with Gasteiger partial charge in [0.25, 0.3) is 0 Å². The number of hydrogen-bond donors (Lipinski definition) is 0. The Kier molecular flexibility index (Phi) is 6.49. The van der Waals surface area contributed by atoms with E-state index in [1.165, 1.54) is 0 Å². The molecule has 1 atom stereocenters. The summed E-state index contributed by atoms with van der Waals surface area (Å²) in [5.74, 6) is 0.655. The Hall–Kier alpha value is -1.56. The summed E-state index contributed by atoms with van der Waals surface area (Å²) in [7, 11) is -3.62. The van der Waals surface area contributed by atoms with Crippen LogP contribution in [-0.2, 0) is 21.5 Å². The van der Waals surface area contributed by atoms with Gasteiger partial charge in [-0.25, -0.2) is 0 Å². The second-order valence-electron chi connectivity index (χ2n) is 7.12. The molecular weight excluding hydrogens is 338 g/mol. The lowest BCUT2D eigenvalue weighted by molar-refractivity contribution is -0.141. The number of hydrogen-bond acceptors (Lipinski definition) is 4. The summed E-state index contributed by atoms with van der Waals surface area (Å²) >= 11 is 0. The largest absolute Gasteiger partial charge is 0.382 e. The number of amides is 1. The molecular formula is C19H29NO4S. The molecule has 1 aliphatic carbocycles. The molecule has 1 amide bonds. The van der Waals surface area contributed by atoms with E-state index in [1.807, 2.05) is 11.0 Å². The van der Waals surface area contributed by atoms with Crippen molar-refractivity contribution in [2.75, 3.05) is 0 Å². The van der Waals surface area contributed by atoms with Crippen molar-refractivity contribution in [2.45, 2.75) is 71.2 Å². The molecule has 5 nitrogen and oxygen atoms in total. The SMILES string of the molecule is CC[C@H](C)N(Cc1cccc(OS(=O)(=O)C(C)C)c1)C(=O)C1CCC1. The van der Waals surface area contributed by atoms with Gasteiger partial charge in [0, 0.05) is 18.5 Å². The standard InChI is InChI=1S/C19H29NO4S/c1-5-15(4)20(19(21)17-9-7-10-17)13-16-8-6-11-18(12-16)24-25(22,23)14(2)3/h6,8,11-12,14-15,17H,5,7,9-10,13H2,1-4H3/t15-/m0/s1. The van der Waals surface area contributed by atoms with Crippen LogP contribution in [-0.4, -0.2) is 30.5 Å². The van der Waals surface area contributed by atoms with E-state index < -0.39 is 15.4 Å². The van der Waals surface area contributed by atoms with Gasteiger partial charge in [0.2, 0.25) is 5.91 Å². The van der Waals surface area contributed by atoms with Crippen molar-refractivity contribution in [3.63, 3.8) is 0 Å². The Labute approximate surface area is 151 Å². The average Bonchev–Trinajstić information content (AvgIpc) is 2.50. The quantitative estimate of drug-likeness (QED) is 0.657. The molecule has 1 saturated carbocycles. The smallest absolute Gasteiger partial charge is 0.311 e. The molecule has 1 aromatic carbocycles. The summed E-state index contributed by atoms with van der Waals surface area (Å²) in [5.41, 5.74) is 0.879. The highest BCUT2D eigenvalue weighted by molar-refractivity contribution is 7.87. The third-order valence-corrected chi connectivity index (χ3v) is 6.48. The first kappa shape index (κ1) is 19.8. The average molecular weight is 368 g/mol. The lowest BCUT2D eigenvalue weighted by Crippen LogP contribution is -2.43. The van der Waals surface area contributed by atoms with Crippen LogP contribution in [0.25, 0.3) is 0 Å². The molecule has 1 aliphatic rings. The topological polar surface area (TPSA) is 63.7 Å². The fourth-order valence-corrected chi connectivity index (χ4v) is 3.25. The van der Waals surface area contributed by atoms with Gasteiger partial charge in [-0.1, -0.05) is 25.5 Å². The van der Waals surface area contributed by atoms with Crippen LogP contribution in [0.3, 0.4) is 0 Å². The van der Waals surface area contributed by atoms with Gasteiger partial charge in [-0.05, 0) is 57.7 Å². The van der Waals surface area contributed by atoms with Crippen molar-refractivity contribution in [3.05, 3.63) is 29.8 Å². The zero-order valence-corrected chi connectivity index (χ0v) is 16.4. The molecule has 0 aromatic heterocycles. The van der Waals surface area contributed by atoms with Crippen LogP contribution in [0, 0.1) is 5.92 Å². The lowest BCUT2D eigenvalue weighted by atomic mass is 9.84. The van der Waals surface area contributed by atoms with E-state index in [4.69, 9.17) is 4.18 Å². The normalized spacial score (nSPS) is 16.4. The maximum absolute atomic E-state index is 12.7. The van der Waals surface area contributed by atoms with E-state index in [0.717, 1.165) is 31.2 Å². The predicted octanol–water partition coefficient (Wildman–Crippen LogP) is 3.73. The van der Waals surface area contributed by atoms with Gasteiger partial charge >= 0.3 is 10.1 Å². The van der Waals surface area contributed by atoms with Gasteiger partial charge < -0.3 is 9.08 Å². The van der Waals surface area contributed by atoms with Crippen molar-refractivity contribution < 1.29 is 17.4 Å². The summed E-state index contributed by atoms with van der Waals surface area (Å²) in [5, 5.41) is -0.604. The summed E-state index contributed by atoms with van der Waals surface area (Å²) in [4.78, 5) is 14.6. The minimum atomic E-state index is -3.62. The first-order valence-corrected chi connectivity index (χ1v) is 10.5. The third kappa shape index (κ3) is 4.97. The highest BCUT2D eigenvalue weighted by atomic mass is 32.2. The molecule has 140 valence electrons. The van der Waals surface area contributed by atoms with Crippen LogP contribution in [0.15, 0.2) is 24.3 Å². The highest BCUT2D eigenvalue weighted by Crippen LogP contribution is 2.30. The first-order valence-electron chi connectivity index (χ1n) is 9.07. The number of carbonyl (C=O) groups is 1. The summed E-state index contributed by atoms with van der Waals surface area (Å²) in [6, 6.07) is 7.16. The van der Waals surface area contributed by atoms with Crippen molar-refractivity contribution in [3.8, 4) is 5.75 Å². The van der Waals surface area contributed by atoms with Crippen LogP contribution >= 0.6 is 0 Å². The Morgan fingerprint density at radius 2 is 1.96 bits per heavy atom. The van der Waals surface area contributed by atoms with Crippen molar-refractivity contribution >= 4 is 16.0 Å². The van der Waals surface area contributed by atoms with Crippen LogP contribution in [0.2, 0.25) is 0 Å². The van der Waals surface area contributed by atoms with Gasteiger partial charge in [-0.3, -0.25) is 4.79 Å². The molecule has 6 heteroatoms. The molecule has 0 unspecified atom stereocenters. The maximum atomic E-state index is 12.7. The van der Waals surface area contributed by atoms with Gasteiger partial charge in [0.1, 0.15) is 5.75 Å². The molecule has 0 bridgehead atoms. The molecule has 0 saturated heterocycles. The Balaban J connectivity index is 2.16. The summed E-state index contributed by atoms with van der Waals surface area (Å²) in [6.07, 6.45) is 3.96. The van der Waals surface area contributed by atoms with E-state index in [1.54, 1.807) is 32.0 Å². The second-order valence-corrected chi connectivity index (χ2v) is 9.22. The van der Waals surface area contributed by atoms with Crippen molar-refractivity contribution in [1.82, 2.24) is 4.90 Å². The molecule has 25 heavy (non-hydrogen) atoms. The zero-order chi connectivity index (χ0) is 18.6. The monoisotopic (exact) mass is 367 g/mol. The first-order chi connectivity index (χ1) is 11.7. The van der Waals surface area contributed by atoms with Gasteiger partial charge in [-0.15, -0.1) is 0 Å². The van der Waals surface area contributed by atoms with E-state index in [0.29, 0.717) is 12.3 Å². The minimum absolute atomic E-state index is 0.148. The Bertz CT molecular complexity index is 695. The number of carbonyl (C=O) groups excluding carboxylic acids is 1. The maximum Gasteiger partial charge on any atom is 0.311 e. The van der Waals surface area contributed by atoms with E-state index in [9.17, 15) is 13.2 Å². The van der Waals surface area contributed by atoms with E-state index >= 15 is 0 Å². The van der Waals surface area contributed by atoms with Crippen molar-refractivity contribution in [2.24, 2.45) is 5.92 Å². The van der Waals surface area contributed by atoms with Crippen LogP contribution in [0.5, 0.6) is 5.75 Å². The fourth-order valence-electron chi connectivity index (χ4n) is 2.68. The number of rotatable bonds is 8. The van der Waals surface area contributed by atoms with Crippen LogP contribution in [0.4, 0.5) is 0 Å². The third-order valence-electron chi connectivity index (χ3n) is 4.90. The molecule has 1 aromatic rings. The molecule has 0 radical (unpaired) electrons. The van der Waals surface area contributed by atoms with Crippen molar-refractivity contribution in [1.29, 1.82) is 0 Å². The fraction of sp³-hybridized carbons (Fsp3) is 0.632. The molecule has 0 N–H and O–H groups in total. The predicted molar refractivity (Wildman–Crippen MR) is 98.8 cm³/mol. The summed E-state index contributed by atoms with van der Waals surface area (Å²) in [6.45, 7) is 7.77. The van der Waals surface area contributed by atoms with E-state index in [-0.39, 0.29) is 17.9 Å². The summed E-state index contributed by atoms with van der Waals surface area (Å²) < 4.78 is 29.1. The molecule has 0 spiro atoms.